The van der Waals surface area contributed by atoms with Crippen molar-refractivity contribution in [1.29, 1.82) is 0 Å². The third-order valence-electron chi connectivity index (χ3n) is 5.35. The average Bonchev–Trinajstić information content (AvgIpc) is 2.86. The van der Waals surface area contributed by atoms with E-state index in [9.17, 15) is 0 Å². The molecule has 0 saturated carbocycles. The van der Waals surface area contributed by atoms with Crippen LogP contribution >= 0.6 is 0 Å². The number of anilines is 2. The highest BCUT2D eigenvalue weighted by molar-refractivity contribution is 5.82. The van der Waals surface area contributed by atoms with Crippen LogP contribution < -0.4 is 19.7 Å². The maximum absolute atomic E-state index is 5.51. The van der Waals surface area contributed by atoms with Crippen molar-refractivity contribution in [3.8, 4) is 22.8 Å². The van der Waals surface area contributed by atoms with Crippen molar-refractivity contribution in [2.75, 3.05) is 32.2 Å². The topological polar surface area (TPSA) is 72.4 Å². The summed E-state index contributed by atoms with van der Waals surface area (Å²) in [6.45, 7) is 5.87. The first kappa shape index (κ1) is 22.5. The zero-order valence-corrected chi connectivity index (χ0v) is 19.4. The Balaban J connectivity index is 1.76. The number of pyridine rings is 1. The molecule has 0 amide bonds. The van der Waals surface area contributed by atoms with E-state index in [0.717, 1.165) is 58.3 Å². The standard InChI is InChI=1S/C26H29N5O2/c1-18(2)28-11-12-31(21-13-22(32-3)16-23(14-21)33-4)20-5-6-24-25(15-20)30-26(17-29-24)19-7-9-27-10-8-19/h5-10,13-18,28H,11-12H2,1-4H3. The number of nitrogens with zero attached hydrogens (tertiary/aromatic N) is 4. The third-order valence-corrected chi connectivity index (χ3v) is 5.35. The SMILES string of the molecule is COc1cc(OC)cc(N(CCNC(C)C)c2ccc3ncc(-c4ccncc4)nc3c2)c1. The first-order chi connectivity index (χ1) is 16.1. The molecule has 0 atom stereocenters. The van der Waals surface area contributed by atoms with Crippen molar-refractivity contribution in [2.45, 2.75) is 19.9 Å². The molecule has 0 aliphatic rings. The Morgan fingerprint density at radius 2 is 1.61 bits per heavy atom. The van der Waals surface area contributed by atoms with E-state index in [1.165, 1.54) is 0 Å². The Morgan fingerprint density at radius 3 is 2.27 bits per heavy atom. The molecule has 4 rings (SSSR count). The number of aromatic nitrogens is 3. The lowest BCUT2D eigenvalue weighted by Crippen LogP contribution is -2.32. The molecule has 4 aromatic rings. The molecule has 33 heavy (non-hydrogen) atoms. The molecule has 1 N–H and O–H groups in total. The van der Waals surface area contributed by atoms with E-state index in [1.807, 2.05) is 36.4 Å². The number of methoxy groups -OCH3 is 2. The van der Waals surface area contributed by atoms with Gasteiger partial charge < -0.3 is 19.7 Å². The molecule has 0 aliphatic carbocycles. The molecule has 7 heteroatoms. The molecule has 0 radical (unpaired) electrons. The van der Waals surface area contributed by atoms with Gasteiger partial charge >= 0.3 is 0 Å². The Morgan fingerprint density at radius 1 is 0.879 bits per heavy atom. The molecule has 170 valence electrons. The minimum absolute atomic E-state index is 0.400. The van der Waals surface area contributed by atoms with Crippen LogP contribution in [0.25, 0.3) is 22.3 Å². The fourth-order valence-electron chi connectivity index (χ4n) is 3.65. The number of hydrogen-bond acceptors (Lipinski definition) is 7. The van der Waals surface area contributed by atoms with E-state index in [-0.39, 0.29) is 0 Å². The van der Waals surface area contributed by atoms with Crippen molar-refractivity contribution in [2.24, 2.45) is 0 Å². The van der Waals surface area contributed by atoms with Crippen LogP contribution in [0.5, 0.6) is 11.5 Å². The molecule has 7 nitrogen and oxygen atoms in total. The predicted molar refractivity (Wildman–Crippen MR) is 132 cm³/mol. The number of ether oxygens (including phenoxy) is 2. The highest BCUT2D eigenvalue weighted by atomic mass is 16.5. The highest BCUT2D eigenvalue weighted by Gasteiger charge is 2.14. The van der Waals surface area contributed by atoms with Crippen LogP contribution in [0.1, 0.15) is 13.8 Å². The lowest BCUT2D eigenvalue weighted by Gasteiger charge is -2.27. The number of nitrogens with one attached hydrogen (secondary N) is 1. The number of rotatable bonds is 9. The summed E-state index contributed by atoms with van der Waals surface area (Å²) in [4.78, 5) is 15.8. The maximum Gasteiger partial charge on any atom is 0.124 e. The van der Waals surface area contributed by atoms with Crippen LogP contribution in [0, 0.1) is 0 Å². The van der Waals surface area contributed by atoms with Crippen molar-refractivity contribution >= 4 is 22.4 Å². The quantitative estimate of drug-likeness (QED) is 0.397. The molecule has 2 heterocycles. The second-order valence-corrected chi connectivity index (χ2v) is 8.00. The number of fused-ring (bicyclic) bond motifs is 1. The van der Waals surface area contributed by atoms with E-state index in [1.54, 1.807) is 32.8 Å². The minimum atomic E-state index is 0.400. The minimum Gasteiger partial charge on any atom is -0.497 e. The molecule has 0 fully saturated rings. The fraction of sp³-hybridized carbons (Fsp3) is 0.269. The van der Waals surface area contributed by atoms with Crippen molar-refractivity contribution in [1.82, 2.24) is 20.3 Å². The summed E-state index contributed by atoms with van der Waals surface area (Å²) in [6.07, 6.45) is 5.32. The normalized spacial score (nSPS) is 11.1. The Kier molecular flexibility index (Phi) is 7.00. The zero-order valence-electron chi connectivity index (χ0n) is 19.4. The van der Waals surface area contributed by atoms with Gasteiger partial charge in [-0.15, -0.1) is 0 Å². The van der Waals surface area contributed by atoms with Gasteiger partial charge in [-0.2, -0.15) is 0 Å². The monoisotopic (exact) mass is 443 g/mol. The third kappa shape index (κ3) is 5.38. The van der Waals surface area contributed by atoms with Gasteiger partial charge in [0.2, 0.25) is 0 Å². The predicted octanol–water partition coefficient (Wildman–Crippen LogP) is 4.85. The number of benzene rings is 2. The van der Waals surface area contributed by atoms with E-state index in [2.05, 4.69) is 46.2 Å². The largest absolute Gasteiger partial charge is 0.497 e. The van der Waals surface area contributed by atoms with Crippen LogP contribution in [0.4, 0.5) is 11.4 Å². The van der Waals surface area contributed by atoms with Crippen LogP contribution in [-0.2, 0) is 0 Å². The van der Waals surface area contributed by atoms with Gasteiger partial charge in [0.1, 0.15) is 11.5 Å². The van der Waals surface area contributed by atoms with Gasteiger partial charge in [0, 0.05) is 66.7 Å². The van der Waals surface area contributed by atoms with Crippen molar-refractivity contribution < 1.29 is 9.47 Å². The summed E-state index contributed by atoms with van der Waals surface area (Å²) < 4.78 is 11.0. The average molecular weight is 444 g/mol. The van der Waals surface area contributed by atoms with E-state index in [0.29, 0.717) is 6.04 Å². The van der Waals surface area contributed by atoms with Gasteiger partial charge in [0.25, 0.3) is 0 Å². The second kappa shape index (κ2) is 10.3. The molecule has 0 unspecified atom stereocenters. The summed E-state index contributed by atoms with van der Waals surface area (Å²) >= 11 is 0. The molecular formula is C26H29N5O2. The van der Waals surface area contributed by atoms with Crippen LogP contribution in [0.2, 0.25) is 0 Å². The summed E-state index contributed by atoms with van der Waals surface area (Å²) in [6, 6.07) is 16.3. The van der Waals surface area contributed by atoms with Crippen molar-refractivity contribution in [3.05, 3.63) is 67.1 Å². The second-order valence-electron chi connectivity index (χ2n) is 8.00. The first-order valence-electron chi connectivity index (χ1n) is 11.0. The first-order valence-corrected chi connectivity index (χ1v) is 11.0. The van der Waals surface area contributed by atoms with Gasteiger partial charge in [-0.1, -0.05) is 13.8 Å². The summed E-state index contributed by atoms with van der Waals surface area (Å²) in [5, 5.41) is 3.50. The van der Waals surface area contributed by atoms with Crippen LogP contribution in [0.3, 0.4) is 0 Å². The molecule has 2 aromatic heterocycles. The molecule has 0 spiro atoms. The smallest absolute Gasteiger partial charge is 0.124 e. The van der Waals surface area contributed by atoms with Gasteiger partial charge in [-0.25, -0.2) is 4.98 Å². The number of hydrogen-bond donors (Lipinski definition) is 1. The van der Waals surface area contributed by atoms with Crippen LogP contribution in [-0.4, -0.2) is 48.3 Å². The highest BCUT2D eigenvalue weighted by Crippen LogP contribution is 2.34. The maximum atomic E-state index is 5.51. The molecule has 2 aromatic carbocycles. The zero-order chi connectivity index (χ0) is 23.2. The lowest BCUT2D eigenvalue weighted by molar-refractivity contribution is 0.394. The van der Waals surface area contributed by atoms with E-state index < -0.39 is 0 Å². The molecular weight excluding hydrogens is 414 g/mol. The summed E-state index contributed by atoms with van der Waals surface area (Å²) in [5.74, 6) is 1.48. The summed E-state index contributed by atoms with van der Waals surface area (Å²) in [5.41, 5.74) is 5.48. The summed E-state index contributed by atoms with van der Waals surface area (Å²) in [7, 11) is 3.32. The van der Waals surface area contributed by atoms with Crippen LogP contribution in [0.15, 0.2) is 67.1 Å². The Labute approximate surface area is 194 Å². The van der Waals surface area contributed by atoms with E-state index in [4.69, 9.17) is 14.5 Å². The fourth-order valence-corrected chi connectivity index (χ4v) is 3.65. The van der Waals surface area contributed by atoms with Gasteiger partial charge in [-0.3, -0.25) is 9.97 Å². The van der Waals surface area contributed by atoms with Gasteiger partial charge in [0.05, 0.1) is 37.1 Å². The van der Waals surface area contributed by atoms with Gasteiger partial charge in [0.15, 0.2) is 0 Å². The Bertz CT molecular complexity index is 1190. The van der Waals surface area contributed by atoms with Gasteiger partial charge in [-0.05, 0) is 30.3 Å². The lowest BCUT2D eigenvalue weighted by atomic mass is 10.1. The van der Waals surface area contributed by atoms with Crippen molar-refractivity contribution in [3.63, 3.8) is 0 Å². The molecule has 0 saturated heterocycles. The molecule has 0 bridgehead atoms. The van der Waals surface area contributed by atoms with E-state index >= 15 is 0 Å². The molecule has 0 aliphatic heterocycles. The Hall–Kier alpha value is -3.71.